The molecular weight excluding hydrogens is 448 g/mol. The van der Waals surface area contributed by atoms with Crippen LogP contribution in [0.5, 0.6) is 23.0 Å². The van der Waals surface area contributed by atoms with Crippen LogP contribution in [-0.4, -0.2) is 45.8 Å². The van der Waals surface area contributed by atoms with Crippen LogP contribution in [0.4, 0.5) is 5.69 Å². The molecule has 1 aliphatic heterocycles. The van der Waals surface area contributed by atoms with Crippen LogP contribution < -0.4 is 24.3 Å². The van der Waals surface area contributed by atoms with Crippen molar-refractivity contribution in [3.8, 4) is 23.0 Å². The number of hydrogen-bond acceptors (Lipinski definition) is 7. The molecule has 1 aliphatic carbocycles. The number of para-hydroxylation sites is 2. The number of anilines is 1. The summed E-state index contributed by atoms with van der Waals surface area (Å²) in [4.78, 5) is 31.8. The maximum Gasteiger partial charge on any atom is 0.234 e. The number of hydrogen-bond donors (Lipinski definition) is 1. The third-order valence-corrected chi connectivity index (χ3v) is 6.55. The molecule has 1 unspecified atom stereocenters. The largest absolute Gasteiger partial charge is 0.495 e. The van der Waals surface area contributed by atoms with E-state index in [1.165, 1.54) is 14.2 Å². The van der Waals surface area contributed by atoms with Gasteiger partial charge in [-0.2, -0.15) is 0 Å². The van der Waals surface area contributed by atoms with Crippen molar-refractivity contribution in [3.05, 3.63) is 53.2 Å². The number of rotatable bonds is 7. The molecule has 0 fully saturated rings. The van der Waals surface area contributed by atoms with Crippen molar-refractivity contribution in [3.63, 3.8) is 0 Å². The van der Waals surface area contributed by atoms with E-state index in [-0.39, 0.29) is 11.7 Å². The van der Waals surface area contributed by atoms with Crippen molar-refractivity contribution in [2.75, 3.05) is 33.8 Å². The van der Waals surface area contributed by atoms with Gasteiger partial charge in [-0.3, -0.25) is 14.6 Å². The van der Waals surface area contributed by atoms with Gasteiger partial charge in [0, 0.05) is 34.9 Å². The molecule has 2 aromatic rings. The summed E-state index contributed by atoms with van der Waals surface area (Å²) in [6.07, 6.45) is 1.84. The summed E-state index contributed by atoms with van der Waals surface area (Å²) in [6, 6.07) is 10.8. The highest BCUT2D eigenvalue weighted by molar-refractivity contribution is 6.13. The van der Waals surface area contributed by atoms with E-state index < -0.39 is 11.8 Å². The zero-order valence-corrected chi connectivity index (χ0v) is 20.6. The van der Waals surface area contributed by atoms with Crippen LogP contribution >= 0.6 is 0 Å². The Morgan fingerprint density at radius 1 is 0.914 bits per heavy atom. The minimum Gasteiger partial charge on any atom is -0.495 e. The standard InChI is InChI=1S/C27H30N2O6/c1-15-22(27(31)29-17-9-6-7-12-20(17)32-2)23(24-18(28-15)10-8-11-19(24)30)16-13-14-21(33-3)26(35-5)25(16)34-4/h6-7,9,12-14,22-23H,8,10-11H2,1-5H3,(H,29,31)/t22?,23-/m0/s1. The summed E-state index contributed by atoms with van der Waals surface area (Å²) in [6.45, 7) is 1.83. The van der Waals surface area contributed by atoms with E-state index in [2.05, 4.69) is 5.32 Å². The number of benzene rings is 2. The second-order valence-corrected chi connectivity index (χ2v) is 8.46. The number of amides is 1. The average Bonchev–Trinajstić information content (AvgIpc) is 2.87. The predicted molar refractivity (Wildman–Crippen MR) is 133 cm³/mol. The number of methoxy groups -OCH3 is 4. The Bertz CT molecular complexity index is 1220. The Hall–Kier alpha value is -3.81. The highest BCUT2D eigenvalue weighted by atomic mass is 16.5. The Morgan fingerprint density at radius 2 is 1.63 bits per heavy atom. The van der Waals surface area contributed by atoms with E-state index >= 15 is 0 Å². The minimum atomic E-state index is -0.743. The second-order valence-electron chi connectivity index (χ2n) is 8.46. The Labute approximate surface area is 204 Å². The molecule has 2 atom stereocenters. The fourth-order valence-electron chi connectivity index (χ4n) is 5.01. The van der Waals surface area contributed by atoms with Gasteiger partial charge in [0.05, 0.1) is 40.0 Å². The number of Topliss-reactive ketones (excluding diaryl/α,β-unsaturated/α-hetero) is 1. The first-order chi connectivity index (χ1) is 16.9. The Kier molecular flexibility index (Phi) is 7.10. The number of ether oxygens (including phenoxy) is 4. The van der Waals surface area contributed by atoms with Gasteiger partial charge in [0.15, 0.2) is 17.3 Å². The first-order valence-corrected chi connectivity index (χ1v) is 11.5. The third kappa shape index (κ3) is 4.36. The molecule has 0 bridgehead atoms. The van der Waals surface area contributed by atoms with Gasteiger partial charge < -0.3 is 24.3 Å². The van der Waals surface area contributed by atoms with E-state index in [1.54, 1.807) is 32.4 Å². The zero-order chi connectivity index (χ0) is 25.1. The second kappa shape index (κ2) is 10.2. The quantitative estimate of drug-likeness (QED) is 0.628. The lowest BCUT2D eigenvalue weighted by Gasteiger charge is -2.35. The van der Waals surface area contributed by atoms with E-state index in [1.807, 2.05) is 25.1 Å². The summed E-state index contributed by atoms with van der Waals surface area (Å²) in [5.41, 5.74) is 3.14. The van der Waals surface area contributed by atoms with Crippen molar-refractivity contribution < 1.29 is 28.5 Å². The number of nitrogens with zero attached hydrogens (tertiary/aromatic N) is 1. The topological polar surface area (TPSA) is 95.5 Å². The molecule has 1 N–H and O–H groups in total. The van der Waals surface area contributed by atoms with Crippen molar-refractivity contribution >= 4 is 23.1 Å². The predicted octanol–water partition coefficient (Wildman–Crippen LogP) is 4.54. The van der Waals surface area contributed by atoms with E-state index in [0.717, 1.165) is 12.1 Å². The summed E-state index contributed by atoms with van der Waals surface area (Å²) in [5, 5.41) is 2.98. The molecule has 0 aromatic heterocycles. The molecule has 0 spiro atoms. The maximum atomic E-state index is 13.8. The molecule has 1 heterocycles. The fraction of sp³-hybridized carbons (Fsp3) is 0.370. The summed E-state index contributed by atoms with van der Waals surface area (Å²) in [7, 11) is 6.16. The summed E-state index contributed by atoms with van der Waals surface area (Å²) in [5.74, 6) is 0.233. The molecule has 184 valence electrons. The van der Waals surface area contributed by atoms with Crippen LogP contribution in [0.3, 0.4) is 0 Å². The smallest absolute Gasteiger partial charge is 0.234 e. The highest BCUT2D eigenvalue weighted by Crippen LogP contribution is 2.50. The van der Waals surface area contributed by atoms with E-state index in [0.29, 0.717) is 58.4 Å². The van der Waals surface area contributed by atoms with Gasteiger partial charge in [0.2, 0.25) is 11.7 Å². The summed E-state index contributed by atoms with van der Waals surface area (Å²) < 4.78 is 22.2. The average molecular weight is 479 g/mol. The lowest BCUT2D eigenvalue weighted by molar-refractivity contribution is -0.119. The number of aliphatic imine (C=N–C) groups is 1. The molecule has 8 heteroatoms. The lowest BCUT2D eigenvalue weighted by Crippen LogP contribution is -2.39. The molecule has 4 rings (SSSR count). The van der Waals surface area contributed by atoms with Crippen LogP contribution in [0.1, 0.15) is 37.7 Å². The van der Waals surface area contributed by atoms with Crippen LogP contribution in [0.25, 0.3) is 0 Å². The van der Waals surface area contributed by atoms with Crippen molar-refractivity contribution in [2.45, 2.75) is 32.1 Å². The molecule has 0 saturated heterocycles. The van der Waals surface area contributed by atoms with Gasteiger partial charge in [0.25, 0.3) is 0 Å². The van der Waals surface area contributed by atoms with Crippen LogP contribution in [-0.2, 0) is 9.59 Å². The number of allylic oxidation sites excluding steroid dienone is 2. The zero-order valence-electron chi connectivity index (χ0n) is 20.6. The van der Waals surface area contributed by atoms with Gasteiger partial charge >= 0.3 is 0 Å². The fourth-order valence-corrected chi connectivity index (χ4v) is 5.01. The van der Waals surface area contributed by atoms with Crippen molar-refractivity contribution in [1.82, 2.24) is 0 Å². The minimum absolute atomic E-state index is 0.000528. The number of carbonyl (C=O) groups is 2. The molecule has 8 nitrogen and oxygen atoms in total. The van der Waals surface area contributed by atoms with Crippen molar-refractivity contribution in [1.29, 1.82) is 0 Å². The lowest BCUT2D eigenvalue weighted by atomic mass is 9.71. The van der Waals surface area contributed by atoms with Crippen LogP contribution in [0.15, 0.2) is 52.7 Å². The first kappa shape index (κ1) is 24.3. The molecular formula is C27H30N2O6. The Balaban J connectivity index is 1.88. The summed E-state index contributed by atoms with van der Waals surface area (Å²) >= 11 is 0. The monoisotopic (exact) mass is 478 g/mol. The van der Waals surface area contributed by atoms with E-state index in [9.17, 15) is 9.59 Å². The van der Waals surface area contributed by atoms with E-state index in [4.69, 9.17) is 23.9 Å². The Morgan fingerprint density at radius 3 is 2.31 bits per heavy atom. The molecule has 2 aliphatic rings. The molecule has 2 aromatic carbocycles. The first-order valence-electron chi connectivity index (χ1n) is 11.5. The molecule has 35 heavy (non-hydrogen) atoms. The van der Waals surface area contributed by atoms with Crippen LogP contribution in [0, 0.1) is 5.92 Å². The highest BCUT2D eigenvalue weighted by Gasteiger charge is 2.44. The third-order valence-electron chi connectivity index (χ3n) is 6.55. The number of nitrogens with one attached hydrogen (secondary N) is 1. The van der Waals surface area contributed by atoms with Gasteiger partial charge in [-0.1, -0.05) is 18.2 Å². The van der Waals surface area contributed by atoms with Crippen molar-refractivity contribution in [2.24, 2.45) is 10.9 Å². The normalized spacial score (nSPS) is 19.5. The van der Waals surface area contributed by atoms with Gasteiger partial charge in [0.1, 0.15) is 5.75 Å². The maximum absolute atomic E-state index is 13.8. The van der Waals surface area contributed by atoms with Gasteiger partial charge in [-0.25, -0.2) is 0 Å². The SMILES string of the molecule is COc1ccccc1NC(=O)C1C(C)=NC2=C(C(=O)CCC2)[C@H]1c1ccc(OC)c(OC)c1OC. The van der Waals surface area contributed by atoms with Gasteiger partial charge in [-0.05, 0) is 38.0 Å². The number of carbonyl (C=O) groups excluding carboxylic acids is 2. The van der Waals surface area contributed by atoms with Crippen LogP contribution in [0.2, 0.25) is 0 Å². The molecule has 0 radical (unpaired) electrons. The van der Waals surface area contributed by atoms with Gasteiger partial charge in [-0.15, -0.1) is 0 Å². The number of ketones is 1. The molecule has 1 amide bonds. The molecule has 0 saturated carbocycles.